The van der Waals surface area contributed by atoms with E-state index in [1.54, 1.807) is 0 Å². The monoisotopic (exact) mass is 536 g/mol. The highest BCUT2D eigenvalue weighted by molar-refractivity contribution is 6.32. The molecule has 0 unspecified atom stereocenters. The molecule has 5 heterocycles. The van der Waals surface area contributed by atoms with Crippen molar-refractivity contribution in [1.82, 2.24) is 0 Å². The SMILES string of the molecule is CC(C)(C)C1=C(C(C)(C)C)C2=NC1=NC1=NC(=NC3=NC(=NC4=NC(=N2)C(C(C)(C)C)=C4C(C)(C)C)C=C3)C=C1. The van der Waals surface area contributed by atoms with Crippen LogP contribution in [-0.2, 0) is 0 Å². The van der Waals surface area contributed by atoms with E-state index >= 15 is 0 Å². The van der Waals surface area contributed by atoms with Crippen LogP contribution in [-0.4, -0.2) is 46.7 Å². The Bertz CT molecular complexity index is 1580. The van der Waals surface area contributed by atoms with Crippen LogP contribution in [0.25, 0.3) is 0 Å². The zero-order chi connectivity index (χ0) is 29.4. The normalized spacial score (nSPS) is 21.3. The quantitative estimate of drug-likeness (QED) is 0.314. The molecule has 5 aliphatic heterocycles. The Kier molecular flexibility index (Phi) is 6.21. The summed E-state index contributed by atoms with van der Waals surface area (Å²) in [6.07, 6.45) is 7.40. The molecule has 0 atom stereocenters. The van der Waals surface area contributed by atoms with Gasteiger partial charge in [-0.25, -0.2) is 39.9 Å². The average Bonchev–Trinajstić information content (AvgIpc) is 3.53. The first-order valence-electron chi connectivity index (χ1n) is 13.9. The summed E-state index contributed by atoms with van der Waals surface area (Å²) < 4.78 is 0. The minimum absolute atomic E-state index is 0.233. The minimum Gasteiger partial charge on any atom is -0.209 e. The van der Waals surface area contributed by atoms with Crippen LogP contribution >= 0.6 is 0 Å². The molecule has 0 radical (unpaired) electrons. The molecule has 0 N–H and O–H groups in total. The van der Waals surface area contributed by atoms with Crippen LogP contribution < -0.4 is 0 Å². The van der Waals surface area contributed by atoms with E-state index < -0.39 is 0 Å². The fourth-order valence-corrected chi connectivity index (χ4v) is 5.40. The Morgan fingerprint density at radius 2 is 0.525 bits per heavy atom. The number of fused-ring (bicyclic) bond motifs is 4. The summed E-state index contributed by atoms with van der Waals surface area (Å²) >= 11 is 0. The minimum atomic E-state index is -0.241. The van der Waals surface area contributed by atoms with Gasteiger partial charge in [0.2, 0.25) is 0 Å². The van der Waals surface area contributed by atoms with E-state index in [1.165, 1.54) is 0 Å². The number of hydrogen-bond acceptors (Lipinski definition) is 8. The van der Waals surface area contributed by atoms with Crippen LogP contribution in [0.5, 0.6) is 0 Å². The molecule has 0 fully saturated rings. The van der Waals surface area contributed by atoms with Gasteiger partial charge in [0.05, 0.1) is 0 Å². The molecule has 8 nitrogen and oxygen atoms in total. The van der Waals surface area contributed by atoms with Gasteiger partial charge in [-0.2, -0.15) is 0 Å². The molecule has 0 amide bonds. The van der Waals surface area contributed by atoms with Crippen LogP contribution in [0.15, 0.2) is 86.5 Å². The first-order valence-corrected chi connectivity index (χ1v) is 13.9. The van der Waals surface area contributed by atoms with Gasteiger partial charge in [0.1, 0.15) is 0 Å². The Morgan fingerprint density at radius 3 is 0.825 bits per heavy atom. The first kappa shape index (κ1) is 27.9. The molecule has 8 bridgehead atoms. The highest BCUT2D eigenvalue weighted by Gasteiger charge is 2.42. The molecule has 0 spiro atoms. The number of hydrogen-bond donors (Lipinski definition) is 0. The standard InChI is InChI=1S/C32H40N8/c1-29(2,3)21-23(31(7,8)9)27-38-25(21)36-19-15-13-17(34-19)33-18-14-16-20(35-18)37-26-22(30(4,5)6)24(32(10,11)12)28(39-26)40-27/h13-16H,1-12H3. The van der Waals surface area contributed by atoms with Crippen LogP contribution in [0.2, 0.25) is 0 Å². The average molecular weight is 537 g/mol. The van der Waals surface area contributed by atoms with E-state index in [9.17, 15) is 0 Å². The second kappa shape index (κ2) is 8.91. The van der Waals surface area contributed by atoms with Crippen molar-refractivity contribution < 1.29 is 0 Å². The van der Waals surface area contributed by atoms with Crippen molar-refractivity contribution in [2.45, 2.75) is 83.1 Å². The molecule has 5 aliphatic rings. The van der Waals surface area contributed by atoms with Crippen molar-refractivity contribution >= 4 is 46.7 Å². The number of nitrogens with zero attached hydrogens (tertiary/aromatic N) is 8. The summed E-state index contributed by atoms with van der Waals surface area (Å²) in [4.78, 5) is 39.2. The molecule has 0 aromatic carbocycles. The highest BCUT2D eigenvalue weighted by Crippen LogP contribution is 2.45. The largest absolute Gasteiger partial charge is 0.209 e. The van der Waals surface area contributed by atoms with E-state index in [0.29, 0.717) is 46.7 Å². The van der Waals surface area contributed by atoms with Gasteiger partial charge in [0.25, 0.3) is 0 Å². The second-order valence-electron chi connectivity index (χ2n) is 14.8. The van der Waals surface area contributed by atoms with E-state index in [4.69, 9.17) is 25.0 Å². The fraction of sp³-hybridized carbons (Fsp3) is 0.500. The Morgan fingerprint density at radius 1 is 0.300 bits per heavy atom. The lowest BCUT2D eigenvalue weighted by atomic mass is 9.74. The highest BCUT2D eigenvalue weighted by atomic mass is 15.1. The predicted molar refractivity (Wildman–Crippen MR) is 170 cm³/mol. The Balaban J connectivity index is 1.89. The van der Waals surface area contributed by atoms with Crippen LogP contribution in [0.3, 0.4) is 0 Å². The molecule has 0 aromatic heterocycles. The third-order valence-corrected chi connectivity index (χ3v) is 6.92. The summed E-state index contributed by atoms with van der Waals surface area (Å²) in [7, 11) is 0. The number of rotatable bonds is 0. The lowest BCUT2D eigenvalue weighted by molar-refractivity contribution is 0.475. The topological polar surface area (TPSA) is 98.9 Å². The molecule has 0 saturated heterocycles. The maximum absolute atomic E-state index is 5.25. The molecule has 40 heavy (non-hydrogen) atoms. The van der Waals surface area contributed by atoms with Gasteiger partial charge in [-0.3, -0.25) is 0 Å². The molecule has 0 saturated carbocycles. The van der Waals surface area contributed by atoms with Gasteiger partial charge in [0.15, 0.2) is 46.7 Å². The van der Waals surface area contributed by atoms with Crippen molar-refractivity contribution in [2.75, 3.05) is 0 Å². The van der Waals surface area contributed by atoms with Gasteiger partial charge in [-0.05, 0) is 46.0 Å². The van der Waals surface area contributed by atoms with Crippen LogP contribution in [0.4, 0.5) is 0 Å². The number of amidine groups is 8. The summed E-state index contributed by atoms with van der Waals surface area (Å²) in [5.41, 5.74) is 3.32. The molecule has 0 aliphatic carbocycles. The van der Waals surface area contributed by atoms with Gasteiger partial charge in [-0.15, -0.1) is 0 Å². The third kappa shape index (κ3) is 5.11. The molecule has 8 heteroatoms. The molecule has 208 valence electrons. The fourth-order valence-electron chi connectivity index (χ4n) is 5.40. The van der Waals surface area contributed by atoms with Gasteiger partial charge >= 0.3 is 0 Å². The molecular formula is C32H40N8. The van der Waals surface area contributed by atoms with Crippen LogP contribution in [0, 0.1) is 21.7 Å². The zero-order valence-corrected chi connectivity index (χ0v) is 25.9. The first-order chi connectivity index (χ1) is 18.3. The summed E-state index contributed by atoms with van der Waals surface area (Å²) in [5.74, 6) is 4.73. The maximum atomic E-state index is 5.25. The molecule has 5 rings (SSSR count). The predicted octanol–water partition coefficient (Wildman–Crippen LogP) is 7.13. The van der Waals surface area contributed by atoms with Crippen molar-refractivity contribution in [3.63, 3.8) is 0 Å². The summed E-state index contributed by atoms with van der Waals surface area (Å²) in [5, 5.41) is 0. The molecule has 0 aromatic rings. The van der Waals surface area contributed by atoms with Gasteiger partial charge < -0.3 is 0 Å². The summed E-state index contributed by atoms with van der Waals surface area (Å²) in [6.45, 7) is 26.4. The third-order valence-electron chi connectivity index (χ3n) is 6.92. The Labute approximate surface area is 237 Å². The Hall–Kier alpha value is -3.68. The van der Waals surface area contributed by atoms with E-state index in [1.807, 2.05) is 24.3 Å². The lowest BCUT2D eigenvalue weighted by Crippen LogP contribution is -2.25. The number of aliphatic imine (C=N–C) groups is 8. The van der Waals surface area contributed by atoms with E-state index in [2.05, 4.69) is 98.1 Å². The van der Waals surface area contributed by atoms with Crippen molar-refractivity contribution in [1.29, 1.82) is 0 Å². The van der Waals surface area contributed by atoms with E-state index in [-0.39, 0.29) is 21.7 Å². The van der Waals surface area contributed by atoms with Crippen molar-refractivity contribution in [3.05, 3.63) is 46.6 Å². The smallest absolute Gasteiger partial charge is 0.161 e. The zero-order valence-electron chi connectivity index (χ0n) is 25.9. The van der Waals surface area contributed by atoms with Gasteiger partial charge in [0, 0.05) is 22.3 Å². The second-order valence-corrected chi connectivity index (χ2v) is 14.8. The van der Waals surface area contributed by atoms with Crippen molar-refractivity contribution in [3.8, 4) is 0 Å². The van der Waals surface area contributed by atoms with E-state index in [0.717, 1.165) is 22.3 Å². The van der Waals surface area contributed by atoms with Crippen LogP contribution in [0.1, 0.15) is 83.1 Å². The maximum Gasteiger partial charge on any atom is 0.161 e. The molecular weight excluding hydrogens is 496 g/mol. The van der Waals surface area contributed by atoms with Gasteiger partial charge in [-0.1, -0.05) is 83.1 Å². The van der Waals surface area contributed by atoms with Crippen molar-refractivity contribution in [2.24, 2.45) is 61.6 Å². The summed E-state index contributed by atoms with van der Waals surface area (Å²) in [6, 6.07) is 0. The lowest BCUT2D eigenvalue weighted by Gasteiger charge is -2.29.